The first-order valence-corrected chi connectivity index (χ1v) is 14.3. The molecule has 0 bridgehead atoms. The molecule has 2 atom stereocenters. The van der Waals surface area contributed by atoms with E-state index in [1.165, 1.54) is 5.56 Å². The lowest BCUT2D eigenvalue weighted by Crippen LogP contribution is -2.21. The normalized spacial score (nSPS) is 18.8. The third-order valence-electron chi connectivity index (χ3n) is 8.30. The Morgan fingerprint density at radius 3 is 2.43 bits per heavy atom. The van der Waals surface area contributed by atoms with Gasteiger partial charge in [-0.2, -0.15) is 18.3 Å². The summed E-state index contributed by atoms with van der Waals surface area (Å²) in [5, 5.41) is 19.0. The van der Waals surface area contributed by atoms with Gasteiger partial charge in [-0.3, -0.25) is 14.8 Å². The molecule has 0 radical (unpaired) electrons. The fourth-order valence-electron chi connectivity index (χ4n) is 5.72. The summed E-state index contributed by atoms with van der Waals surface area (Å²) in [5.41, 5.74) is 6.96. The number of alkyl halides is 3. The number of carbonyl (C=O) groups is 2. The quantitative estimate of drug-likeness (QED) is 0.209. The molecule has 230 valence electrons. The van der Waals surface area contributed by atoms with E-state index in [0.29, 0.717) is 0 Å². The monoisotopic (exact) mass is 606 g/mol. The van der Waals surface area contributed by atoms with E-state index < -0.39 is 17.6 Å². The standard InChI is InChI=1S/C31H32N4O2.C2HF3O2/c1-4-35(5-2)19-21-8-6-20(7-9-21)10-14-27-24-13-11-22(16-29(24)34-33-27)26-18-31(26)25-17-23(37-3)12-15-28(25)32-30(31)36;3-2(4,5)1(6)7/h6-17,26H,4-5,18-19H2,1-3H3,(H,32,36)(H,33,34);(H,6,7)/t26-,31-;/m0./s1. The predicted octanol–water partition coefficient (Wildman–Crippen LogP) is 6.59. The number of amides is 1. The maximum absolute atomic E-state index is 13.0. The van der Waals surface area contributed by atoms with Crippen molar-refractivity contribution in [2.24, 2.45) is 0 Å². The Morgan fingerprint density at radius 2 is 1.80 bits per heavy atom. The van der Waals surface area contributed by atoms with Crippen molar-refractivity contribution in [3.8, 4) is 5.75 Å². The topological polar surface area (TPSA) is 108 Å². The Morgan fingerprint density at radius 1 is 1.09 bits per heavy atom. The first-order chi connectivity index (χ1) is 21.0. The van der Waals surface area contributed by atoms with Crippen molar-refractivity contribution in [3.63, 3.8) is 0 Å². The highest BCUT2D eigenvalue weighted by Gasteiger charge is 2.65. The SMILES string of the molecule is CCN(CC)Cc1ccc(C=Cc2n[nH]c3cc([C@@H]4C[C@@]45C(=O)Nc4ccc(OC)cc45)ccc23)cc1.O=C(O)C(F)(F)F. The number of carboxylic acids is 1. The molecule has 44 heavy (non-hydrogen) atoms. The average molecular weight is 607 g/mol. The Bertz CT molecular complexity index is 1710. The zero-order chi connectivity index (χ0) is 31.6. The second kappa shape index (κ2) is 12.2. The summed E-state index contributed by atoms with van der Waals surface area (Å²) in [4.78, 5) is 24.3. The van der Waals surface area contributed by atoms with Crippen LogP contribution in [0, 0.1) is 0 Å². The Kier molecular flexibility index (Phi) is 8.51. The number of H-pyrrole nitrogens is 1. The highest BCUT2D eigenvalue weighted by molar-refractivity contribution is 6.10. The molecule has 11 heteroatoms. The van der Waals surface area contributed by atoms with Crippen LogP contribution < -0.4 is 10.1 Å². The fourth-order valence-corrected chi connectivity index (χ4v) is 5.72. The number of aliphatic carboxylic acids is 1. The van der Waals surface area contributed by atoms with Crippen LogP contribution in [-0.2, 0) is 21.5 Å². The molecule has 4 aromatic rings. The van der Waals surface area contributed by atoms with Crippen LogP contribution in [-0.4, -0.2) is 58.5 Å². The lowest BCUT2D eigenvalue weighted by Gasteiger charge is -2.17. The van der Waals surface area contributed by atoms with Crippen LogP contribution >= 0.6 is 0 Å². The largest absolute Gasteiger partial charge is 0.497 e. The number of ether oxygens (including phenoxy) is 1. The number of benzene rings is 3. The number of hydrogen-bond acceptors (Lipinski definition) is 5. The Labute approximate surface area is 252 Å². The van der Waals surface area contributed by atoms with E-state index in [9.17, 15) is 18.0 Å². The number of carbonyl (C=O) groups excluding carboxylic acids is 1. The predicted molar refractivity (Wildman–Crippen MR) is 162 cm³/mol. The fraction of sp³-hybridized carbons (Fsp3) is 0.303. The third kappa shape index (κ3) is 6.05. The Hall–Kier alpha value is -4.64. The van der Waals surface area contributed by atoms with Gasteiger partial charge >= 0.3 is 12.1 Å². The minimum absolute atomic E-state index is 0.0807. The number of rotatable bonds is 8. The molecule has 6 rings (SSSR count). The molecular formula is C33H33F3N4O4. The summed E-state index contributed by atoms with van der Waals surface area (Å²) >= 11 is 0. The number of aromatic nitrogens is 2. The number of hydrogen-bond donors (Lipinski definition) is 3. The van der Waals surface area contributed by atoms with Crippen LogP contribution in [0.15, 0.2) is 60.7 Å². The van der Waals surface area contributed by atoms with Gasteiger partial charge in [0.05, 0.1) is 23.7 Å². The second-order valence-electron chi connectivity index (χ2n) is 10.8. The molecular weight excluding hydrogens is 573 g/mol. The number of aromatic amines is 1. The zero-order valence-corrected chi connectivity index (χ0v) is 24.5. The summed E-state index contributed by atoms with van der Waals surface area (Å²) < 4.78 is 37.2. The zero-order valence-electron chi connectivity index (χ0n) is 24.5. The van der Waals surface area contributed by atoms with E-state index >= 15 is 0 Å². The summed E-state index contributed by atoms with van der Waals surface area (Å²) in [6.07, 6.45) is -0.118. The van der Waals surface area contributed by atoms with E-state index in [2.05, 4.69) is 88.9 Å². The highest BCUT2D eigenvalue weighted by atomic mass is 19.4. The van der Waals surface area contributed by atoms with E-state index in [-0.39, 0.29) is 11.8 Å². The van der Waals surface area contributed by atoms with Gasteiger partial charge in [-0.05, 0) is 72.1 Å². The molecule has 1 spiro atoms. The van der Waals surface area contributed by atoms with Gasteiger partial charge < -0.3 is 15.2 Å². The molecule has 2 heterocycles. The molecule has 1 fully saturated rings. The van der Waals surface area contributed by atoms with Gasteiger partial charge in [0.25, 0.3) is 0 Å². The summed E-state index contributed by atoms with van der Waals surface area (Å²) in [6.45, 7) is 7.49. The first-order valence-electron chi connectivity index (χ1n) is 14.3. The number of carboxylic acid groups (broad SMARTS) is 1. The van der Waals surface area contributed by atoms with E-state index in [1.54, 1.807) is 7.11 Å². The summed E-state index contributed by atoms with van der Waals surface area (Å²) in [5.74, 6) is -1.76. The van der Waals surface area contributed by atoms with E-state index in [4.69, 9.17) is 14.6 Å². The number of fused-ring (bicyclic) bond motifs is 3. The summed E-state index contributed by atoms with van der Waals surface area (Å²) in [6, 6.07) is 21.0. The number of nitrogens with one attached hydrogen (secondary N) is 2. The van der Waals surface area contributed by atoms with E-state index in [0.717, 1.165) is 70.8 Å². The van der Waals surface area contributed by atoms with Gasteiger partial charge in [0, 0.05) is 23.5 Å². The van der Waals surface area contributed by atoms with Crippen molar-refractivity contribution >= 4 is 40.6 Å². The molecule has 1 aliphatic carbocycles. The molecule has 0 saturated heterocycles. The second-order valence-corrected chi connectivity index (χ2v) is 10.8. The van der Waals surface area contributed by atoms with Crippen molar-refractivity contribution in [2.75, 3.05) is 25.5 Å². The van der Waals surface area contributed by atoms with Crippen molar-refractivity contribution in [2.45, 2.75) is 44.3 Å². The lowest BCUT2D eigenvalue weighted by molar-refractivity contribution is -0.192. The maximum Gasteiger partial charge on any atom is 0.490 e. The molecule has 0 unspecified atom stereocenters. The van der Waals surface area contributed by atoms with Gasteiger partial charge in [-0.15, -0.1) is 0 Å². The van der Waals surface area contributed by atoms with Crippen molar-refractivity contribution in [1.29, 1.82) is 0 Å². The van der Waals surface area contributed by atoms with Gasteiger partial charge in [0.2, 0.25) is 5.91 Å². The van der Waals surface area contributed by atoms with Crippen molar-refractivity contribution in [1.82, 2.24) is 15.1 Å². The molecule has 1 amide bonds. The molecule has 1 aliphatic heterocycles. The van der Waals surface area contributed by atoms with Gasteiger partial charge in [-0.25, -0.2) is 4.79 Å². The van der Waals surface area contributed by atoms with Gasteiger partial charge in [0.15, 0.2) is 0 Å². The lowest BCUT2D eigenvalue weighted by atomic mass is 9.91. The molecule has 1 aromatic heterocycles. The van der Waals surface area contributed by atoms with Crippen LogP contribution in [0.4, 0.5) is 18.9 Å². The Balaban J connectivity index is 0.000000493. The summed E-state index contributed by atoms with van der Waals surface area (Å²) in [7, 11) is 1.66. The third-order valence-corrected chi connectivity index (χ3v) is 8.30. The minimum atomic E-state index is -5.08. The van der Waals surface area contributed by atoms with Crippen LogP contribution in [0.2, 0.25) is 0 Å². The van der Waals surface area contributed by atoms with Crippen LogP contribution in [0.1, 0.15) is 54.1 Å². The van der Waals surface area contributed by atoms with Crippen molar-refractivity contribution < 1.29 is 32.6 Å². The number of methoxy groups -OCH3 is 1. The van der Waals surface area contributed by atoms with Crippen LogP contribution in [0.25, 0.3) is 23.1 Å². The van der Waals surface area contributed by atoms with Crippen LogP contribution in [0.3, 0.4) is 0 Å². The highest BCUT2D eigenvalue weighted by Crippen LogP contribution is 2.65. The smallest absolute Gasteiger partial charge is 0.490 e. The first kappa shape index (κ1) is 30.8. The van der Waals surface area contributed by atoms with E-state index in [1.807, 2.05) is 18.2 Å². The van der Waals surface area contributed by atoms with Gasteiger partial charge in [-0.1, -0.05) is 56.3 Å². The van der Waals surface area contributed by atoms with Crippen LogP contribution in [0.5, 0.6) is 5.75 Å². The number of halogens is 3. The number of anilines is 1. The van der Waals surface area contributed by atoms with Crippen molar-refractivity contribution in [3.05, 3.63) is 88.6 Å². The minimum Gasteiger partial charge on any atom is -0.497 e. The maximum atomic E-state index is 13.0. The number of nitrogens with zero attached hydrogens (tertiary/aromatic N) is 2. The molecule has 3 aromatic carbocycles. The van der Waals surface area contributed by atoms with Gasteiger partial charge in [0.1, 0.15) is 5.75 Å². The molecule has 3 N–H and O–H groups in total. The molecule has 2 aliphatic rings. The molecule has 1 saturated carbocycles. The average Bonchev–Trinajstić information content (AvgIpc) is 3.55. The molecule has 8 nitrogen and oxygen atoms in total.